The van der Waals surface area contributed by atoms with Crippen molar-refractivity contribution in [3.8, 4) is 0 Å². The Balaban J connectivity index is 2.33. The van der Waals surface area contributed by atoms with Gasteiger partial charge in [0.2, 0.25) is 0 Å². The summed E-state index contributed by atoms with van der Waals surface area (Å²) in [5, 5.41) is 8.68. The number of carbonyl (C=O) groups is 1. The van der Waals surface area contributed by atoms with E-state index in [2.05, 4.69) is 15.5 Å². The highest BCUT2D eigenvalue weighted by atomic mass is 19.1. The smallest absolute Gasteiger partial charge is 0.262 e. The molecule has 0 unspecified atom stereocenters. The molecule has 0 aliphatic rings. The van der Waals surface area contributed by atoms with Crippen molar-refractivity contribution in [3.05, 3.63) is 41.1 Å². The van der Waals surface area contributed by atoms with Crippen molar-refractivity contribution >= 4 is 17.4 Å². The maximum Gasteiger partial charge on any atom is 0.262 e. The maximum atomic E-state index is 13.7. The van der Waals surface area contributed by atoms with Crippen molar-refractivity contribution in [1.82, 2.24) is 10.2 Å². The van der Waals surface area contributed by atoms with Crippen LogP contribution in [0, 0.1) is 11.6 Å². The lowest BCUT2D eigenvalue weighted by atomic mass is 10.1. The van der Waals surface area contributed by atoms with Gasteiger partial charge < -0.3 is 11.1 Å². The Bertz CT molecular complexity index is 624. The average molecular weight is 266 g/mol. The number of rotatable bonds is 3. The van der Waals surface area contributed by atoms with Gasteiger partial charge in [-0.3, -0.25) is 9.89 Å². The lowest BCUT2D eigenvalue weighted by molar-refractivity contribution is 0.101. The summed E-state index contributed by atoms with van der Waals surface area (Å²) in [6, 6.07) is 2.01. The first kappa shape index (κ1) is 13.0. The molecule has 0 atom stereocenters. The summed E-state index contributed by atoms with van der Waals surface area (Å²) in [4.78, 5) is 11.9. The quantitative estimate of drug-likeness (QED) is 0.744. The predicted molar refractivity (Wildman–Crippen MR) is 66.7 cm³/mol. The number of aryl methyl sites for hydroxylation is 1. The van der Waals surface area contributed by atoms with Crippen LogP contribution < -0.4 is 11.1 Å². The zero-order valence-corrected chi connectivity index (χ0v) is 10.1. The number of carbonyl (C=O) groups excluding carboxylic acids is 1. The molecule has 1 amide bonds. The van der Waals surface area contributed by atoms with Crippen LogP contribution in [0.5, 0.6) is 0 Å². The van der Waals surface area contributed by atoms with Gasteiger partial charge in [-0.05, 0) is 18.6 Å². The summed E-state index contributed by atoms with van der Waals surface area (Å²) in [6.45, 7) is 1.86. The second kappa shape index (κ2) is 5.05. The normalized spacial score (nSPS) is 10.5. The molecular formula is C12H12F2N4O. The van der Waals surface area contributed by atoms with Crippen LogP contribution in [-0.2, 0) is 6.42 Å². The number of aromatic nitrogens is 2. The van der Waals surface area contributed by atoms with E-state index in [9.17, 15) is 13.6 Å². The van der Waals surface area contributed by atoms with Crippen LogP contribution in [0.2, 0.25) is 0 Å². The van der Waals surface area contributed by atoms with E-state index in [0.717, 1.165) is 17.7 Å². The first-order chi connectivity index (χ1) is 9.04. The Labute approximate surface area is 107 Å². The van der Waals surface area contributed by atoms with E-state index in [4.69, 9.17) is 5.73 Å². The Hall–Kier alpha value is -2.44. The number of amides is 1. The molecule has 0 spiro atoms. The van der Waals surface area contributed by atoms with Gasteiger partial charge in [-0.25, -0.2) is 8.78 Å². The van der Waals surface area contributed by atoms with E-state index >= 15 is 0 Å². The van der Waals surface area contributed by atoms with Gasteiger partial charge in [0.05, 0.1) is 11.9 Å². The molecule has 0 aliphatic heterocycles. The van der Waals surface area contributed by atoms with E-state index in [-0.39, 0.29) is 5.69 Å². The van der Waals surface area contributed by atoms with E-state index in [1.807, 2.05) is 6.92 Å². The van der Waals surface area contributed by atoms with Gasteiger partial charge in [0.1, 0.15) is 17.2 Å². The van der Waals surface area contributed by atoms with Crippen molar-refractivity contribution in [2.75, 3.05) is 11.1 Å². The molecular weight excluding hydrogens is 254 g/mol. The number of aromatic amines is 1. The van der Waals surface area contributed by atoms with E-state index in [1.54, 1.807) is 0 Å². The lowest BCUT2D eigenvalue weighted by Gasteiger charge is -2.08. The number of halogens is 2. The number of nitrogens with zero attached hydrogens (tertiary/aromatic N) is 1. The summed E-state index contributed by atoms with van der Waals surface area (Å²) in [6.07, 6.45) is 2.15. The fourth-order valence-electron chi connectivity index (χ4n) is 1.64. The molecule has 5 nitrogen and oxygen atoms in total. The Morgan fingerprint density at radius 1 is 1.47 bits per heavy atom. The predicted octanol–water partition coefficient (Wildman–Crippen LogP) is 2.08. The molecule has 1 aromatic heterocycles. The highest BCUT2D eigenvalue weighted by molar-refractivity contribution is 6.05. The van der Waals surface area contributed by atoms with Crippen molar-refractivity contribution < 1.29 is 13.6 Å². The molecule has 0 saturated carbocycles. The zero-order chi connectivity index (χ0) is 14.0. The monoisotopic (exact) mass is 266 g/mol. The van der Waals surface area contributed by atoms with Crippen molar-refractivity contribution in [2.24, 2.45) is 0 Å². The lowest BCUT2D eigenvalue weighted by Crippen LogP contribution is -2.17. The molecule has 19 heavy (non-hydrogen) atoms. The first-order valence-corrected chi connectivity index (χ1v) is 5.61. The summed E-state index contributed by atoms with van der Waals surface area (Å²) < 4.78 is 27.2. The van der Waals surface area contributed by atoms with Crippen LogP contribution in [0.3, 0.4) is 0 Å². The first-order valence-electron chi connectivity index (χ1n) is 5.61. The molecule has 0 fully saturated rings. The number of hydrogen-bond acceptors (Lipinski definition) is 3. The third-order valence-electron chi connectivity index (χ3n) is 2.69. The summed E-state index contributed by atoms with van der Waals surface area (Å²) in [5.74, 6) is -2.65. The Morgan fingerprint density at radius 2 is 2.21 bits per heavy atom. The fourth-order valence-corrected chi connectivity index (χ4v) is 1.64. The van der Waals surface area contributed by atoms with Gasteiger partial charge in [0, 0.05) is 5.56 Å². The van der Waals surface area contributed by atoms with Crippen LogP contribution >= 0.6 is 0 Å². The molecule has 1 aromatic carbocycles. The molecule has 0 bridgehead atoms. The molecule has 2 aromatic rings. The molecule has 0 aliphatic carbocycles. The van der Waals surface area contributed by atoms with E-state index in [1.165, 1.54) is 6.20 Å². The van der Waals surface area contributed by atoms with E-state index < -0.39 is 23.1 Å². The third kappa shape index (κ3) is 2.40. The number of nitrogens with two attached hydrogens (primary N) is 1. The minimum absolute atomic E-state index is 0.285. The summed E-state index contributed by atoms with van der Waals surface area (Å²) in [7, 11) is 0. The van der Waals surface area contributed by atoms with Gasteiger partial charge in [0.15, 0.2) is 5.82 Å². The Kier molecular flexibility index (Phi) is 3.46. The number of anilines is 2. The van der Waals surface area contributed by atoms with Crippen molar-refractivity contribution in [3.63, 3.8) is 0 Å². The molecule has 100 valence electrons. The molecule has 2 rings (SSSR count). The maximum absolute atomic E-state index is 13.7. The summed E-state index contributed by atoms with van der Waals surface area (Å²) in [5.41, 5.74) is 5.05. The molecule has 4 N–H and O–H groups in total. The summed E-state index contributed by atoms with van der Waals surface area (Å²) >= 11 is 0. The topological polar surface area (TPSA) is 83.8 Å². The van der Waals surface area contributed by atoms with Gasteiger partial charge in [-0.2, -0.15) is 5.10 Å². The third-order valence-corrected chi connectivity index (χ3v) is 2.69. The van der Waals surface area contributed by atoms with Gasteiger partial charge in [-0.1, -0.05) is 6.92 Å². The van der Waals surface area contributed by atoms with Crippen LogP contribution in [0.15, 0.2) is 18.3 Å². The second-order valence-electron chi connectivity index (χ2n) is 3.90. The van der Waals surface area contributed by atoms with Gasteiger partial charge >= 0.3 is 0 Å². The van der Waals surface area contributed by atoms with Crippen LogP contribution in [0.1, 0.15) is 22.8 Å². The van der Waals surface area contributed by atoms with Crippen LogP contribution in [0.4, 0.5) is 20.3 Å². The number of benzene rings is 1. The molecule has 0 saturated heterocycles. The number of hydrogen-bond donors (Lipinski definition) is 3. The number of nitrogens with one attached hydrogen (secondary N) is 2. The fraction of sp³-hybridized carbons (Fsp3) is 0.167. The largest absolute Gasteiger partial charge is 0.396 e. The van der Waals surface area contributed by atoms with Crippen LogP contribution in [0.25, 0.3) is 0 Å². The minimum atomic E-state index is -1.07. The van der Waals surface area contributed by atoms with Crippen LogP contribution in [-0.4, -0.2) is 16.1 Å². The highest BCUT2D eigenvalue weighted by Gasteiger charge is 2.20. The average Bonchev–Trinajstić information content (AvgIpc) is 2.81. The van der Waals surface area contributed by atoms with Gasteiger partial charge in [-0.15, -0.1) is 0 Å². The number of nitrogen functional groups attached to an aromatic ring is 1. The van der Waals surface area contributed by atoms with Crippen molar-refractivity contribution in [2.45, 2.75) is 13.3 Å². The van der Waals surface area contributed by atoms with Crippen molar-refractivity contribution in [1.29, 1.82) is 0 Å². The standard InChI is InChI=1S/C12H12F2N4O/c1-2-6-5-16-18-11(6)17-12(19)9-7(13)3-4-8(15)10(9)14/h3-5H,2,15H2,1H3,(H2,16,17,18,19). The molecule has 7 heteroatoms. The van der Waals surface area contributed by atoms with E-state index in [0.29, 0.717) is 12.2 Å². The number of H-pyrrole nitrogens is 1. The zero-order valence-electron chi connectivity index (χ0n) is 10.1. The Morgan fingerprint density at radius 3 is 2.89 bits per heavy atom. The SMILES string of the molecule is CCc1cn[nH]c1NC(=O)c1c(F)ccc(N)c1F. The van der Waals surface area contributed by atoms with Gasteiger partial charge in [0.25, 0.3) is 5.91 Å². The molecule has 0 radical (unpaired) electrons. The minimum Gasteiger partial charge on any atom is -0.396 e. The molecule has 1 heterocycles. The highest BCUT2D eigenvalue weighted by Crippen LogP contribution is 2.20. The second-order valence-corrected chi connectivity index (χ2v) is 3.90.